The predicted octanol–water partition coefficient (Wildman–Crippen LogP) is 5.44. The SMILES string of the molecule is CC1(C)O[C@H]2CC(=O)O[C@@]2(CC(=O)CCOCc2ccccc2)[C@@H]1CCO[Si](C)(C)C(C)(C)C. The van der Waals surface area contributed by atoms with Crippen molar-refractivity contribution < 1.29 is 28.2 Å². The molecule has 2 fully saturated rings. The average molecular weight is 491 g/mol. The summed E-state index contributed by atoms with van der Waals surface area (Å²) < 4.78 is 24.4. The summed E-state index contributed by atoms with van der Waals surface area (Å²) in [6.07, 6.45) is 0.919. The lowest BCUT2D eigenvalue weighted by Crippen LogP contribution is -2.48. The molecular formula is C27H42O6Si. The molecule has 0 aliphatic carbocycles. The van der Waals surface area contributed by atoms with Crippen LogP contribution in [0.25, 0.3) is 0 Å². The average Bonchev–Trinajstić information content (AvgIpc) is 3.11. The summed E-state index contributed by atoms with van der Waals surface area (Å²) >= 11 is 0. The van der Waals surface area contributed by atoms with E-state index >= 15 is 0 Å². The van der Waals surface area contributed by atoms with E-state index in [4.69, 9.17) is 18.6 Å². The number of fused-ring (bicyclic) bond motifs is 1. The van der Waals surface area contributed by atoms with E-state index in [0.717, 1.165) is 5.56 Å². The molecule has 1 aromatic carbocycles. The zero-order chi connectivity index (χ0) is 25.2. The van der Waals surface area contributed by atoms with Crippen LogP contribution in [0.4, 0.5) is 0 Å². The Morgan fingerprint density at radius 3 is 2.47 bits per heavy atom. The fourth-order valence-electron chi connectivity index (χ4n) is 4.98. The second-order valence-electron chi connectivity index (χ2n) is 11.8. The first kappa shape index (κ1) is 27.1. The monoisotopic (exact) mass is 490 g/mol. The van der Waals surface area contributed by atoms with Gasteiger partial charge >= 0.3 is 5.97 Å². The Morgan fingerprint density at radius 2 is 1.82 bits per heavy atom. The van der Waals surface area contributed by atoms with E-state index in [0.29, 0.717) is 26.2 Å². The van der Waals surface area contributed by atoms with Crippen molar-refractivity contribution in [3.05, 3.63) is 35.9 Å². The molecular weight excluding hydrogens is 448 g/mol. The first-order valence-electron chi connectivity index (χ1n) is 12.4. The fraction of sp³-hybridized carbons (Fsp3) is 0.704. The Kier molecular flexibility index (Phi) is 8.12. The van der Waals surface area contributed by atoms with Gasteiger partial charge in [-0.2, -0.15) is 0 Å². The number of rotatable bonds is 11. The van der Waals surface area contributed by atoms with Gasteiger partial charge in [0.1, 0.15) is 11.9 Å². The van der Waals surface area contributed by atoms with Crippen molar-refractivity contribution in [3.8, 4) is 0 Å². The summed E-state index contributed by atoms with van der Waals surface area (Å²) in [7, 11) is -1.91. The van der Waals surface area contributed by atoms with Crippen LogP contribution >= 0.6 is 0 Å². The lowest BCUT2D eigenvalue weighted by molar-refractivity contribution is -0.156. The van der Waals surface area contributed by atoms with Crippen molar-refractivity contribution in [3.63, 3.8) is 0 Å². The van der Waals surface area contributed by atoms with Gasteiger partial charge in [0.15, 0.2) is 13.9 Å². The molecule has 0 amide bonds. The molecule has 7 heteroatoms. The van der Waals surface area contributed by atoms with Gasteiger partial charge < -0.3 is 18.6 Å². The van der Waals surface area contributed by atoms with Crippen LogP contribution in [0.5, 0.6) is 0 Å². The third-order valence-electron chi connectivity index (χ3n) is 7.86. The standard InChI is InChI=1S/C27H42O6Si/c1-25(2,3)34(6,7)31-16-14-22-26(4,5)32-23-17-24(29)33-27(22,23)18-21(28)13-15-30-19-20-11-9-8-10-12-20/h8-12,22-23H,13-19H2,1-7H3/t22-,23+,27+/m1/s1. The van der Waals surface area contributed by atoms with Crippen LogP contribution in [0.1, 0.15) is 65.9 Å². The minimum absolute atomic E-state index is 0.0318. The number of ether oxygens (including phenoxy) is 3. The molecule has 0 radical (unpaired) electrons. The second kappa shape index (κ2) is 10.2. The highest BCUT2D eigenvalue weighted by atomic mass is 28.4. The number of esters is 1. The van der Waals surface area contributed by atoms with Crippen molar-refractivity contribution in [1.82, 2.24) is 0 Å². The molecule has 0 bridgehead atoms. The van der Waals surface area contributed by atoms with Crippen LogP contribution in [0.3, 0.4) is 0 Å². The van der Waals surface area contributed by atoms with Crippen molar-refractivity contribution in [2.24, 2.45) is 5.92 Å². The maximum Gasteiger partial charge on any atom is 0.309 e. The highest BCUT2D eigenvalue weighted by Crippen LogP contribution is 2.53. The van der Waals surface area contributed by atoms with E-state index in [1.165, 1.54) is 0 Å². The molecule has 2 aliphatic heterocycles. The minimum atomic E-state index is -1.91. The van der Waals surface area contributed by atoms with Crippen LogP contribution in [-0.2, 0) is 34.8 Å². The van der Waals surface area contributed by atoms with E-state index in [9.17, 15) is 9.59 Å². The second-order valence-corrected chi connectivity index (χ2v) is 16.6. The molecule has 3 rings (SSSR count). The Bertz CT molecular complexity index is 860. The van der Waals surface area contributed by atoms with Crippen LogP contribution in [0.15, 0.2) is 30.3 Å². The maximum absolute atomic E-state index is 13.0. The minimum Gasteiger partial charge on any atom is -0.455 e. The fourth-order valence-corrected chi connectivity index (χ4v) is 6.04. The van der Waals surface area contributed by atoms with Crippen LogP contribution in [-0.4, -0.2) is 50.6 Å². The van der Waals surface area contributed by atoms with E-state index < -0.39 is 25.6 Å². The van der Waals surface area contributed by atoms with Gasteiger partial charge in [0, 0.05) is 25.4 Å². The number of hydrogen-bond donors (Lipinski definition) is 0. The molecule has 0 N–H and O–H groups in total. The summed E-state index contributed by atoms with van der Waals surface area (Å²) in [5, 5.41) is 0.116. The molecule has 0 spiro atoms. The Hall–Kier alpha value is -1.54. The third-order valence-corrected chi connectivity index (χ3v) is 12.4. The van der Waals surface area contributed by atoms with Gasteiger partial charge in [0.25, 0.3) is 0 Å². The molecule has 190 valence electrons. The van der Waals surface area contributed by atoms with Gasteiger partial charge in [0.2, 0.25) is 0 Å². The molecule has 3 atom stereocenters. The number of Topliss-reactive ketones (excluding diaryl/α,β-unsaturated/α-hetero) is 1. The Morgan fingerprint density at radius 1 is 1.15 bits per heavy atom. The molecule has 0 aromatic heterocycles. The smallest absolute Gasteiger partial charge is 0.309 e. The summed E-state index contributed by atoms with van der Waals surface area (Å²) in [5.74, 6) is -0.372. The molecule has 2 aliphatic rings. The molecule has 6 nitrogen and oxygen atoms in total. The number of hydrogen-bond acceptors (Lipinski definition) is 6. The lowest BCUT2D eigenvalue weighted by atomic mass is 9.73. The van der Waals surface area contributed by atoms with Gasteiger partial charge in [-0.05, 0) is 44.0 Å². The van der Waals surface area contributed by atoms with Crippen molar-refractivity contribution in [1.29, 1.82) is 0 Å². The molecule has 2 saturated heterocycles. The van der Waals surface area contributed by atoms with E-state index in [-0.39, 0.29) is 42.0 Å². The van der Waals surface area contributed by atoms with Gasteiger partial charge in [-0.15, -0.1) is 0 Å². The summed E-state index contributed by atoms with van der Waals surface area (Å²) in [6.45, 7) is 16.6. The molecule has 1 aromatic rings. The van der Waals surface area contributed by atoms with Crippen molar-refractivity contribution in [2.75, 3.05) is 13.2 Å². The lowest BCUT2D eigenvalue weighted by Gasteiger charge is -2.39. The third kappa shape index (κ3) is 5.98. The number of carbonyl (C=O) groups is 2. The quantitative estimate of drug-likeness (QED) is 0.234. The van der Waals surface area contributed by atoms with Gasteiger partial charge in [-0.1, -0.05) is 51.1 Å². The highest BCUT2D eigenvalue weighted by molar-refractivity contribution is 6.74. The highest BCUT2D eigenvalue weighted by Gasteiger charge is 2.66. The summed E-state index contributed by atoms with van der Waals surface area (Å²) in [5.41, 5.74) is -0.355. The summed E-state index contributed by atoms with van der Waals surface area (Å²) in [6, 6.07) is 9.89. The topological polar surface area (TPSA) is 71.1 Å². The molecule has 0 saturated carbocycles. The van der Waals surface area contributed by atoms with E-state index in [2.05, 4.69) is 33.9 Å². The largest absolute Gasteiger partial charge is 0.455 e. The van der Waals surface area contributed by atoms with Crippen LogP contribution in [0.2, 0.25) is 18.1 Å². The normalized spacial score (nSPS) is 26.4. The van der Waals surface area contributed by atoms with E-state index in [1.54, 1.807) is 0 Å². The first-order valence-corrected chi connectivity index (χ1v) is 15.3. The van der Waals surface area contributed by atoms with Crippen LogP contribution < -0.4 is 0 Å². The Labute approximate surface area is 205 Å². The zero-order valence-corrected chi connectivity index (χ0v) is 22.9. The van der Waals surface area contributed by atoms with Gasteiger partial charge in [-0.25, -0.2) is 0 Å². The first-order chi connectivity index (χ1) is 15.8. The number of carbonyl (C=O) groups excluding carboxylic acids is 2. The van der Waals surface area contributed by atoms with Gasteiger partial charge in [0.05, 0.1) is 25.2 Å². The predicted molar refractivity (Wildman–Crippen MR) is 134 cm³/mol. The van der Waals surface area contributed by atoms with E-state index in [1.807, 2.05) is 44.2 Å². The van der Waals surface area contributed by atoms with Crippen molar-refractivity contribution >= 4 is 20.1 Å². The van der Waals surface area contributed by atoms with Crippen LogP contribution in [0, 0.1) is 5.92 Å². The molecule has 2 heterocycles. The van der Waals surface area contributed by atoms with Crippen molar-refractivity contribution in [2.45, 2.75) is 102 Å². The van der Waals surface area contributed by atoms with Gasteiger partial charge in [-0.3, -0.25) is 9.59 Å². The number of ketones is 1. The Balaban J connectivity index is 1.63. The molecule has 34 heavy (non-hydrogen) atoms. The molecule has 0 unspecified atom stereocenters. The zero-order valence-electron chi connectivity index (χ0n) is 21.9. The summed E-state index contributed by atoms with van der Waals surface area (Å²) in [4.78, 5) is 25.3. The maximum atomic E-state index is 13.0. The number of benzene rings is 1.